The van der Waals surface area contributed by atoms with Crippen molar-refractivity contribution in [2.75, 3.05) is 5.32 Å². The summed E-state index contributed by atoms with van der Waals surface area (Å²) in [5.74, 6) is -0.0932. The standard InChI is InChI=1S/C17H13Cl2N3OS/c18-14-5-3-12(8-15(14)19)21-16(23)6-4-13-10-24-17(22-13)11-2-1-7-20-9-11/h1-3,5,7-10H,4,6H2,(H,21,23). The van der Waals surface area contributed by atoms with Crippen LogP contribution in [0.15, 0.2) is 48.1 Å². The summed E-state index contributed by atoms with van der Waals surface area (Å²) in [5, 5.41) is 6.55. The van der Waals surface area contributed by atoms with E-state index >= 15 is 0 Å². The number of carbonyl (C=O) groups is 1. The summed E-state index contributed by atoms with van der Waals surface area (Å²) in [4.78, 5) is 20.7. The summed E-state index contributed by atoms with van der Waals surface area (Å²) in [6.45, 7) is 0. The SMILES string of the molecule is O=C(CCc1csc(-c2cccnc2)n1)Nc1ccc(Cl)c(Cl)c1. The van der Waals surface area contributed by atoms with Gasteiger partial charge in [0.05, 0.1) is 15.7 Å². The zero-order chi connectivity index (χ0) is 16.9. The number of amides is 1. The van der Waals surface area contributed by atoms with Crippen molar-refractivity contribution in [2.24, 2.45) is 0 Å². The summed E-state index contributed by atoms with van der Waals surface area (Å²) in [6.07, 6.45) is 4.42. The molecule has 0 fully saturated rings. The van der Waals surface area contributed by atoms with E-state index in [-0.39, 0.29) is 5.91 Å². The Kier molecular flexibility index (Phi) is 5.45. The highest BCUT2D eigenvalue weighted by molar-refractivity contribution is 7.13. The predicted octanol–water partition coefficient (Wildman–Crippen LogP) is 5.08. The molecule has 0 unspecified atom stereocenters. The molecule has 1 N–H and O–H groups in total. The van der Waals surface area contributed by atoms with Gasteiger partial charge in [0, 0.05) is 35.4 Å². The van der Waals surface area contributed by atoms with Gasteiger partial charge in [-0.2, -0.15) is 0 Å². The van der Waals surface area contributed by atoms with Crippen LogP contribution in [0.3, 0.4) is 0 Å². The first-order valence-corrected chi connectivity index (χ1v) is 8.85. The Morgan fingerprint density at radius 2 is 2.08 bits per heavy atom. The number of halogens is 2. The van der Waals surface area contributed by atoms with Crippen LogP contribution in [0, 0.1) is 0 Å². The fourth-order valence-electron chi connectivity index (χ4n) is 2.08. The van der Waals surface area contributed by atoms with Crippen molar-refractivity contribution in [1.82, 2.24) is 9.97 Å². The zero-order valence-electron chi connectivity index (χ0n) is 12.5. The summed E-state index contributed by atoms with van der Waals surface area (Å²) in [5.41, 5.74) is 2.50. The van der Waals surface area contributed by atoms with E-state index in [4.69, 9.17) is 23.2 Å². The Hall–Kier alpha value is -1.95. The highest BCUT2D eigenvalue weighted by atomic mass is 35.5. The van der Waals surface area contributed by atoms with Gasteiger partial charge in [0.25, 0.3) is 0 Å². The number of aromatic nitrogens is 2. The lowest BCUT2D eigenvalue weighted by Crippen LogP contribution is -2.12. The summed E-state index contributed by atoms with van der Waals surface area (Å²) in [7, 11) is 0. The molecule has 122 valence electrons. The van der Waals surface area contributed by atoms with Crippen LogP contribution in [0.25, 0.3) is 10.6 Å². The molecule has 0 aliphatic carbocycles. The molecule has 2 heterocycles. The van der Waals surface area contributed by atoms with Crippen molar-refractivity contribution >= 4 is 46.1 Å². The Labute approximate surface area is 153 Å². The normalized spacial score (nSPS) is 10.6. The van der Waals surface area contributed by atoms with Crippen molar-refractivity contribution in [2.45, 2.75) is 12.8 Å². The van der Waals surface area contributed by atoms with Crippen molar-refractivity contribution in [3.63, 3.8) is 0 Å². The number of benzene rings is 1. The number of carbonyl (C=O) groups excluding carboxylic acids is 1. The summed E-state index contributed by atoms with van der Waals surface area (Å²) in [6, 6.07) is 8.84. The summed E-state index contributed by atoms with van der Waals surface area (Å²) >= 11 is 13.3. The van der Waals surface area contributed by atoms with Crippen LogP contribution in [0.4, 0.5) is 5.69 Å². The molecular formula is C17H13Cl2N3OS. The maximum Gasteiger partial charge on any atom is 0.224 e. The second-order valence-electron chi connectivity index (χ2n) is 5.06. The van der Waals surface area contributed by atoms with Crippen LogP contribution in [0.5, 0.6) is 0 Å². The molecule has 0 saturated carbocycles. The van der Waals surface area contributed by atoms with Gasteiger partial charge in [-0.3, -0.25) is 9.78 Å². The number of hydrogen-bond donors (Lipinski definition) is 1. The van der Waals surface area contributed by atoms with Gasteiger partial charge in [-0.15, -0.1) is 11.3 Å². The van der Waals surface area contributed by atoms with Crippen molar-refractivity contribution < 1.29 is 4.79 Å². The minimum Gasteiger partial charge on any atom is -0.326 e. The van der Waals surface area contributed by atoms with Crippen LogP contribution in [0.2, 0.25) is 10.0 Å². The quantitative estimate of drug-likeness (QED) is 0.673. The average molecular weight is 378 g/mol. The molecule has 1 amide bonds. The number of aryl methyl sites for hydroxylation is 1. The Bertz CT molecular complexity index is 852. The molecule has 0 radical (unpaired) electrons. The summed E-state index contributed by atoms with van der Waals surface area (Å²) < 4.78 is 0. The number of pyridine rings is 1. The van der Waals surface area contributed by atoms with Gasteiger partial charge in [-0.05, 0) is 36.8 Å². The smallest absolute Gasteiger partial charge is 0.224 e. The topological polar surface area (TPSA) is 54.9 Å². The number of nitrogens with one attached hydrogen (secondary N) is 1. The van der Waals surface area contributed by atoms with E-state index in [1.54, 1.807) is 41.9 Å². The third-order valence-electron chi connectivity index (χ3n) is 3.27. The molecule has 0 bridgehead atoms. The highest BCUT2D eigenvalue weighted by Crippen LogP contribution is 2.25. The molecular weight excluding hydrogens is 365 g/mol. The van der Waals surface area contributed by atoms with Gasteiger partial charge in [0.1, 0.15) is 5.01 Å². The highest BCUT2D eigenvalue weighted by Gasteiger charge is 2.08. The molecule has 0 saturated heterocycles. The second-order valence-corrected chi connectivity index (χ2v) is 6.74. The Morgan fingerprint density at radius 3 is 2.83 bits per heavy atom. The molecule has 0 atom stereocenters. The van der Waals surface area contributed by atoms with E-state index in [2.05, 4.69) is 15.3 Å². The molecule has 7 heteroatoms. The first-order chi connectivity index (χ1) is 11.6. The van der Waals surface area contributed by atoms with E-state index in [0.29, 0.717) is 28.6 Å². The van der Waals surface area contributed by atoms with Crippen molar-refractivity contribution in [3.05, 3.63) is 63.8 Å². The number of hydrogen-bond acceptors (Lipinski definition) is 4. The monoisotopic (exact) mass is 377 g/mol. The number of thiazole rings is 1. The molecule has 24 heavy (non-hydrogen) atoms. The third-order valence-corrected chi connectivity index (χ3v) is 4.95. The zero-order valence-corrected chi connectivity index (χ0v) is 14.8. The molecule has 0 aliphatic heterocycles. The van der Waals surface area contributed by atoms with Crippen LogP contribution >= 0.6 is 34.5 Å². The minimum absolute atomic E-state index is 0.0932. The van der Waals surface area contributed by atoms with Crippen LogP contribution in [-0.4, -0.2) is 15.9 Å². The lowest BCUT2D eigenvalue weighted by molar-refractivity contribution is -0.116. The van der Waals surface area contributed by atoms with Gasteiger partial charge in [0.15, 0.2) is 0 Å². The fourth-order valence-corrected chi connectivity index (χ4v) is 3.23. The number of anilines is 1. The second kappa shape index (κ2) is 7.75. The maximum absolute atomic E-state index is 12.0. The maximum atomic E-state index is 12.0. The van der Waals surface area contributed by atoms with Gasteiger partial charge >= 0.3 is 0 Å². The van der Waals surface area contributed by atoms with E-state index < -0.39 is 0 Å². The molecule has 4 nitrogen and oxygen atoms in total. The lowest BCUT2D eigenvalue weighted by Gasteiger charge is -2.05. The van der Waals surface area contributed by atoms with E-state index in [1.807, 2.05) is 17.5 Å². The molecule has 0 spiro atoms. The van der Waals surface area contributed by atoms with Crippen LogP contribution in [0.1, 0.15) is 12.1 Å². The number of rotatable bonds is 5. The predicted molar refractivity (Wildman–Crippen MR) is 98.8 cm³/mol. The Morgan fingerprint density at radius 1 is 1.21 bits per heavy atom. The largest absolute Gasteiger partial charge is 0.326 e. The molecule has 3 rings (SSSR count). The third kappa shape index (κ3) is 4.32. The first kappa shape index (κ1) is 16.9. The van der Waals surface area contributed by atoms with Gasteiger partial charge in [-0.25, -0.2) is 4.98 Å². The van der Waals surface area contributed by atoms with E-state index in [0.717, 1.165) is 16.3 Å². The van der Waals surface area contributed by atoms with Crippen molar-refractivity contribution in [3.8, 4) is 10.6 Å². The average Bonchev–Trinajstić information content (AvgIpc) is 3.06. The van der Waals surface area contributed by atoms with E-state index in [9.17, 15) is 4.79 Å². The molecule has 1 aromatic carbocycles. The van der Waals surface area contributed by atoms with Gasteiger partial charge in [-0.1, -0.05) is 23.2 Å². The molecule has 0 aliphatic rings. The first-order valence-electron chi connectivity index (χ1n) is 7.21. The molecule has 3 aromatic rings. The Balaban J connectivity index is 1.56. The number of nitrogens with zero attached hydrogens (tertiary/aromatic N) is 2. The van der Waals surface area contributed by atoms with Gasteiger partial charge < -0.3 is 5.32 Å². The van der Waals surface area contributed by atoms with Gasteiger partial charge in [0.2, 0.25) is 5.91 Å². The van der Waals surface area contributed by atoms with Crippen molar-refractivity contribution in [1.29, 1.82) is 0 Å². The molecule has 2 aromatic heterocycles. The fraction of sp³-hybridized carbons (Fsp3) is 0.118. The lowest BCUT2D eigenvalue weighted by atomic mass is 10.2. The van der Waals surface area contributed by atoms with Crippen LogP contribution in [-0.2, 0) is 11.2 Å². The van der Waals surface area contributed by atoms with E-state index in [1.165, 1.54) is 0 Å². The van der Waals surface area contributed by atoms with Crippen LogP contribution < -0.4 is 5.32 Å². The minimum atomic E-state index is -0.0932.